The predicted molar refractivity (Wildman–Crippen MR) is 70.5 cm³/mol. The highest BCUT2D eigenvalue weighted by atomic mass is 16.5. The Labute approximate surface area is 106 Å². The van der Waals surface area contributed by atoms with E-state index < -0.39 is 0 Å². The second-order valence-corrected chi connectivity index (χ2v) is 4.90. The van der Waals surface area contributed by atoms with Crippen LogP contribution in [0.25, 0.3) is 0 Å². The van der Waals surface area contributed by atoms with Crippen LogP contribution >= 0.6 is 0 Å². The van der Waals surface area contributed by atoms with E-state index in [1.165, 1.54) is 0 Å². The molecule has 1 unspecified atom stereocenters. The Morgan fingerprint density at radius 3 is 2.41 bits per heavy atom. The van der Waals surface area contributed by atoms with Crippen LogP contribution in [0.1, 0.15) is 33.6 Å². The van der Waals surface area contributed by atoms with Gasteiger partial charge in [-0.15, -0.1) is 0 Å². The molecule has 0 rings (SSSR count). The molecule has 0 aromatic rings. The van der Waals surface area contributed by atoms with Crippen LogP contribution in [0.3, 0.4) is 0 Å². The van der Waals surface area contributed by atoms with Crippen LogP contribution in [-0.2, 0) is 14.2 Å². The van der Waals surface area contributed by atoms with Gasteiger partial charge in [-0.05, 0) is 33.2 Å². The lowest BCUT2D eigenvalue weighted by Crippen LogP contribution is -2.38. The fraction of sp³-hybridized carbons (Fsp3) is 1.00. The molecule has 0 bridgehead atoms. The number of nitrogens with one attached hydrogen (secondary N) is 1. The molecule has 1 N–H and O–H groups in total. The second-order valence-electron chi connectivity index (χ2n) is 4.90. The largest absolute Gasteiger partial charge is 0.383 e. The molecule has 0 aromatic heterocycles. The lowest BCUT2D eigenvalue weighted by molar-refractivity contribution is -0.0151. The van der Waals surface area contributed by atoms with Crippen LogP contribution in [0.2, 0.25) is 0 Å². The predicted octanol–water partition coefficient (Wildman–Crippen LogP) is 1.83. The molecular formula is C13H29NO3. The number of rotatable bonds is 11. The molecule has 0 spiro atoms. The number of hydrogen-bond acceptors (Lipinski definition) is 4. The van der Waals surface area contributed by atoms with Gasteiger partial charge in [-0.2, -0.15) is 0 Å². The minimum absolute atomic E-state index is 0.104. The van der Waals surface area contributed by atoms with Crippen LogP contribution in [0.4, 0.5) is 0 Å². The Morgan fingerprint density at radius 1 is 1.18 bits per heavy atom. The van der Waals surface area contributed by atoms with Crippen molar-refractivity contribution in [2.75, 3.05) is 40.6 Å². The zero-order chi connectivity index (χ0) is 13.1. The van der Waals surface area contributed by atoms with Gasteiger partial charge in [-0.3, -0.25) is 0 Å². The lowest BCUT2D eigenvalue weighted by Gasteiger charge is -2.23. The third-order valence-electron chi connectivity index (χ3n) is 2.77. The van der Waals surface area contributed by atoms with Crippen molar-refractivity contribution in [3.8, 4) is 0 Å². The molecule has 0 amide bonds. The van der Waals surface area contributed by atoms with Gasteiger partial charge in [0.25, 0.3) is 0 Å². The zero-order valence-corrected chi connectivity index (χ0v) is 12.0. The Balaban J connectivity index is 3.66. The van der Waals surface area contributed by atoms with E-state index in [9.17, 15) is 0 Å². The van der Waals surface area contributed by atoms with Gasteiger partial charge in [0.2, 0.25) is 0 Å². The highest BCUT2D eigenvalue weighted by molar-refractivity contribution is 4.68. The molecule has 0 aliphatic carbocycles. The van der Waals surface area contributed by atoms with Crippen LogP contribution in [-0.4, -0.2) is 52.2 Å². The monoisotopic (exact) mass is 247 g/mol. The average Bonchev–Trinajstić information content (AvgIpc) is 2.31. The summed E-state index contributed by atoms with van der Waals surface area (Å²) in [5, 5.41) is 3.40. The first-order valence-electron chi connectivity index (χ1n) is 6.41. The highest BCUT2D eigenvalue weighted by Crippen LogP contribution is 2.12. The van der Waals surface area contributed by atoms with Crippen molar-refractivity contribution in [1.29, 1.82) is 0 Å². The van der Waals surface area contributed by atoms with Crippen molar-refractivity contribution in [3.63, 3.8) is 0 Å². The number of methoxy groups -OCH3 is 2. The van der Waals surface area contributed by atoms with Crippen LogP contribution in [0.5, 0.6) is 0 Å². The molecular weight excluding hydrogens is 218 g/mol. The molecule has 104 valence electrons. The molecule has 1 atom stereocenters. The highest BCUT2D eigenvalue weighted by Gasteiger charge is 2.16. The van der Waals surface area contributed by atoms with Gasteiger partial charge in [0.1, 0.15) is 0 Å². The summed E-state index contributed by atoms with van der Waals surface area (Å²) >= 11 is 0. The lowest BCUT2D eigenvalue weighted by atomic mass is 10.1. The SMILES string of the molecule is CCCNC(COC)COCCC(C)(C)OC. The molecule has 0 fully saturated rings. The summed E-state index contributed by atoms with van der Waals surface area (Å²) in [5.74, 6) is 0. The normalized spacial score (nSPS) is 13.9. The number of ether oxygens (including phenoxy) is 3. The molecule has 0 saturated heterocycles. The zero-order valence-electron chi connectivity index (χ0n) is 12.0. The molecule has 4 nitrogen and oxygen atoms in total. The van der Waals surface area contributed by atoms with Crippen molar-refractivity contribution in [2.45, 2.75) is 45.3 Å². The summed E-state index contributed by atoms with van der Waals surface area (Å²) in [6.45, 7) is 9.38. The smallest absolute Gasteiger partial charge is 0.0644 e. The average molecular weight is 247 g/mol. The van der Waals surface area contributed by atoms with E-state index in [1.54, 1.807) is 14.2 Å². The second kappa shape index (κ2) is 9.83. The van der Waals surface area contributed by atoms with Gasteiger partial charge < -0.3 is 19.5 Å². The summed E-state index contributed by atoms with van der Waals surface area (Å²) in [4.78, 5) is 0. The summed E-state index contributed by atoms with van der Waals surface area (Å²) in [6, 6.07) is 0.283. The first kappa shape index (κ1) is 16.8. The molecule has 0 heterocycles. The van der Waals surface area contributed by atoms with E-state index in [-0.39, 0.29) is 11.6 Å². The van der Waals surface area contributed by atoms with Gasteiger partial charge in [0, 0.05) is 20.8 Å². The third kappa shape index (κ3) is 9.53. The maximum absolute atomic E-state index is 5.66. The number of hydrogen-bond donors (Lipinski definition) is 1. The quantitative estimate of drug-likeness (QED) is 0.565. The molecule has 0 radical (unpaired) electrons. The van der Waals surface area contributed by atoms with Crippen molar-refractivity contribution in [2.24, 2.45) is 0 Å². The molecule has 4 heteroatoms. The summed E-state index contributed by atoms with van der Waals surface area (Å²) < 4.78 is 16.2. The van der Waals surface area contributed by atoms with Gasteiger partial charge in [0.05, 0.1) is 24.9 Å². The fourth-order valence-electron chi connectivity index (χ4n) is 1.36. The maximum atomic E-state index is 5.66. The molecule has 0 aromatic carbocycles. The van der Waals surface area contributed by atoms with Gasteiger partial charge in [-0.1, -0.05) is 6.92 Å². The standard InChI is InChI=1S/C13H29NO3/c1-6-8-14-12(10-15-4)11-17-9-7-13(2,3)16-5/h12,14H,6-11H2,1-5H3. The topological polar surface area (TPSA) is 39.7 Å². The van der Waals surface area contributed by atoms with E-state index in [0.717, 1.165) is 26.0 Å². The molecule has 0 aliphatic rings. The van der Waals surface area contributed by atoms with Crippen LogP contribution in [0, 0.1) is 0 Å². The Morgan fingerprint density at radius 2 is 1.88 bits per heavy atom. The van der Waals surface area contributed by atoms with E-state index in [1.807, 2.05) is 0 Å². The van der Waals surface area contributed by atoms with Crippen LogP contribution < -0.4 is 5.32 Å². The Hall–Kier alpha value is -0.160. The van der Waals surface area contributed by atoms with Gasteiger partial charge in [0.15, 0.2) is 0 Å². The van der Waals surface area contributed by atoms with Crippen molar-refractivity contribution < 1.29 is 14.2 Å². The molecule has 0 aliphatic heterocycles. The van der Waals surface area contributed by atoms with Crippen molar-refractivity contribution >= 4 is 0 Å². The molecule has 17 heavy (non-hydrogen) atoms. The first-order chi connectivity index (χ1) is 8.05. The first-order valence-corrected chi connectivity index (χ1v) is 6.41. The van der Waals surface area contributed by atoms with E-state index >= 15 is 0 Å². The van der Waals surface area contributed by atoms with Gasteiger partial charge >= 0.3 is 0 Å². The summed E-state index contributed by atoms with van der Waals surface area (Å²) in [7, 11) is 3.45. The van der Waals surface area contributed by atoms with E-state index in [2.05, 4.69) is 26.1 Å². The fourth-order valence-corrected chi connectivity index (χ4v) is 1.36. The Kier molecular flexibility index (Phi) is 9.74. The maximum Gasteiger partial charge on any atom is 0.0644 e. The van der Waals surface area contributed by atoms with Gasteiger partial charge in [-0.25, -0.2) is 0 Å². The van der Waals surface area contributed by atoms with E-state index in [4.69, 9.17) is 14.2 Å². The van der Waals surface area contributed by atoms with Crippen molar-refractivity contribution in [3.05, 3.63) is 0 Å². The minimum atomic E-state index is -0.104. The summed E-state index contributed by atoms with van der Waals surface area (Å²) in [6.07, 6.45) is 2.02. The minimum Gasteiger partial charge on any atom is -0.383 e. The Bertz CT molecular complexity index is 174. The van der Waals surface area contributed by atoms with E-state index in [0.29, 0.717) is 13.2 Å². The third-order valence-corrected chi connectivity index (χ3v) is 2.77. The van der Waals surface area contributed by atoms with Crippen LogP contribution in [0.15, 0.2) is 0 Å². The van der Waals surface area contributed by atoms with Crippen molar-refractivity contribution in [1.82, 2.24) is 5.32 Å². The molecule has 0 saturated carbocycles. The summed E-state index contributed by atoms with van der Waals surface area (Å²) in [5.41, 5.74) is -0.104.